The van der Waals surface area contributed by atoms with Crippen molar-refractivity contribution in [2.45, 2.75) is 46.1 Å². The van der Waals surface area contributed by atoms with Gasteiger partial charge in [0.2, 0.25) is 0 Å². The number of ether oxygens (including phenoxy) is 1. The van der Waals surface area contributed by atoms with Crippen molar-refractivity contribution in [2.75, 3.05) is 25.0 Å². The Bertz CT molecular complexity index is 570. The Kier molecular flexibility index (Phi) is 6.43. The molecule has 6 heteroatoms. The second-order valence-corrected chi connectivity index (χ2v) is 8.66. The van der Waals surface area contributed by atoms with Crippen LogP contribution in [0.1, 0.15) is 39.2 Å². The third kappa shape index (κ3) is 5.55. The average Bonchev–Trinajstić information content (AvgIpc) is 2.45. The molecule has 1 aromatic rings. The number of anilines is 1. The molecule has 1 aliphatic heterocycles. The van der Waals surface area contributed by atoms with Crippen LogP contribution in [0.2, 0.25) is 5.02 Å². The van der Waals surface area contributed by atoms with Crippen molar-refractivity contribution in [1.29, 1.82) is 0 Å². The SMILES string of the molecule is Cc1cc(Cl)cc(Br)c1NCC1CCN(C(=O)OC(C)(C)C)CC1. The Labute approximate surface area is 158 Å². The molecular formula is C18H26BrClN2O2. The van der Waals surface area contributed by atoms with Crippen LogP contribution in [0.3, 0.4) is 0 Å². The molecule has 24 heavy (non-hydrogen) atoms. The molecule has 1 fully saturated rings. The van der Waals surface area contributed by atoms with Crippen LogP contribution >= 0.6 is 27.5 Å². The Morgan fingerprint density at radius 3 is 2.54 bits per heavy atom. The summed E-state index contributed by atoms with van der Waals surface area (Å²) in [6.45, 7) is 10.1. The summed E-state index contributed by atoms with van der Waals surface area (Å²) < 4.78 is 6.42. The molecule has 0 spiro atoms. The number of halogens is 2. The highest BCUT2D eigenvalue weighted by molar-refractivity contribution is 9.10. The van der Waals surface area contributed by atoms with Gasteiger partial charge in [-0.1, -0.05) is 11.6 Å². The van der Waals surface area contributed by atoms with Crippen LogP contribution in [-0.4, -0.2) is 36.2 Å². The van der Waals surface area contributed by atoms with Crippen LogP contribution < -0.4 is 5.32 Å². The van der Waals surface area contributed by atoms with Gasteiger partial charge in [0.05, 0.1) is 5.69 Å². The molecule has 0 aromatic heterocycles. The first-order valence-corrected chi connectivity index (χ1v) is 9.50. The third-order valence-electron chi connectivity index (χ3n) is 4.09. The number of nitrogens with one attached hydrogen (secondary N) is 1. The molecule has 0 bridgehead atoms. The Hall–Kier alpha value is -0.940. The number of piperidine rings is 1. The Morgan fingerprint density at radius 2 is 2.00 bits per heavy atom. The number of nitrogens with zero attached hydrogens (tertiary/aromatic N) is 1. The van der Waals surface area contributed by atoms with Crippen LogP contribution in [0, 0.1) is 12.8 Å². The van der Waals surface area contributed by atoms with E-state index < -0.39 is 5.60 Å². The van der Waals surface area contributed by atoms with Gasteiger partial charge in [0.15, 0.2) is 0 Å². The highest BCUT2D eigenvalue weighted by atomic mass is 79.9. The van der Waals surface area contributed by atoms with Gasteiger partial charge in [-0.3, -0.25) is 0 Å². The van der Waals surface area contributed by atoms with Crippen molar-refractivity contribution in [1.82, 2.24) is 4.90 Å². The van der Waals surface area contributed by atoms with Crippen LogP contribution in [0.25, 0.3) is 0 Å². The van der Waals surface area contributed by atoms with Gasteiger partial charge in [-0.2, -0.15) is 0 Å². The molecule has 0 saturated carbocycles. The summed E-state index contributed by atoms with van der Waals surface area (Å²) in [4.78, 5) is 13.9. The monoisotopic (exact) mass is 416 g/mol. The van der Waals surface area contributed by atoms with E-state index >= 15 is 0 Å². The lowest BCUT2D eigenvalue weighted by Crippen LogP contribution is -2.42. The van der Waals surface area contributed by atoms with Gasteiger partial charge in [-0.05, 0) is 80.1 Å². The zero-order valence-corrected chi connectivity index (χ0v) is 17.1. The molecule has 1 aliphatic rings. The fraction of sp³-hybridized carbons (Fsp3) is 0.611. The van der Waals surface area contributed by atoms with Crippen LogP contribution in [-0.2, 0) is 4.74 Å². The quantitative estimate of drug-likeness (QED) is 0.709. The largest absolute Gasteiger partial charge is 0.444 e. The smallest absolute Gasteiger partial charge is 0.410 e. The summed E-state index contributed by atoms with van der Waals surface area (Å²) in [6, 6.07) is 3.86. The summed E-state index contributed by atoms with van der Waals surface area (Å²) in [5, 5.41) is 4.25. The zero-order valence-electron chi connectivity index (χ0n) is 14.8. The van der Waals surface area contributed by atoms with E-state index in [2.05, 4.69) is 21.2 Å². The van der Waals surface area contributed by atoms with Gasteiger partial charge < -0.3 is 15.0 Å². The number of carbonyl (C=O) groups is 1. The first-order valence-electron chi connectivity index (χ1n) is 8.33. The zero-order chi connectivity index (χ0) is 17.9. The van der Waals surface area contributed by atoms with E-state index in [0.717, 1.165) is 53.2 Å². The third-order valence-corrected chi connectivity index (χ3v) is 4.93. The van der Waals surface area contributed by atoms with E-state index in [-0.39, 0.29) is 6.09 Å². The van der Waals surface area contributed by atoms with E-state index in [1.165, 1.54) is 0 Å². The summed E-state index contributed by atoms with van der Waals surface area (Å²) in [6.07, 6.45) is 1.76. The molecule has 0 unspecified atom stereocenters. The molecule has 1 N–H and O–H groups in total. The molecule has 0 radical (unpaired) electrons. The number of hydrogen-bond donors (Lipinski definition) is 1. The molecule has 1 heterocycles. The van der Waals surface area contributed by atoms with Crippen molar-refractivity contribution < 1.29 is 9.53 Å². The van der Waals surface area contributed by atoms with E-state index in [9.17, 15) is 4.79 Å². The summed E-state index contributed by atoms with van der Waals surface area (Å²) in [5.41, 5.74) is 1.78. The number of carbonyl (C=O) groups excluding carboxylic acids is 1. The lowest BCUT2D eigenvalue weighted by Gasteiger charge is -2.33. The lowest BCUT2D eigenvalue weighted by atomic mass is 9.97. The van der Waals surface area contributed by atoms with E-state index in [0.29, 0.717) is 5.92 Å². The van der Waals surface area contributed by atoms with Gasteiger partial charge in [0.1, 0.15) is 5.60 Å². The molecule has 1 amide bonds. The van der Waals surface area contributed by atoms with Gasteiger partial charge in [0.25, 0.3) is 0 Å². The predicted molar refractivity (Wildman–Crippen MR) is 103 cm³/mol. The molecule has 134 valence electrons. The van der Waals surface area contributed by atoms with Gasteiger partial charge in [-0.25, -0.2) is 4.79 Å². The molecule has 2 rings (SSSR count). The fourth-order valence-corrected chi connectivity index (χ4v) is 3.92. The minimum absolute atomic E-state index is 0.204. The summed E-state index contributed by atoms with van der Waals surface area (Å²) in [5.74, 6) is 0.547. The van der Waals surface area contributed by atoms with E-state index in [4.69, 9.17) is 16.3 Å². The van der Waals surface area contributed by atoms with Gasteiger partial charge in [0, 0.05) is 29.1 Å². The number of rotatable bonds is 3. The topological polar surface area (TPSA) is 41.6 Å². The van der Waals surface area contributed by atoms with Crippen molar-refractivity contribution in [3.05, 3.63) is 27.2 Å². The van der Waals surface area contributed by atoms with Crippen LogP contribution in [0.5, 0.6) is 0 Å². The maximum Gasteiger partial charge on any atom is 0.410 e. The van der Waals surface area contributed by atoms with Gasteiger partial charge in [-0.15, -0.1) is 0 Å². The van der Waals surface area contributed by atoms with Crippen LogP contribution in [0.4, 0.5) is 10.5 Å². The van der Waals surface area contributed by atoms with Crippen molar-refractivity contribution in [2.24, 2.45) is 5.92 Å². The minimum Gasteiger partial charge on any atom is -0.444 e. The predicted octanol–water partition coefficient (Wildman–Crippen LogP) is 5.47. The first-order chi connectivity index (χ1) is 11.2. The van der Waals surface area contributed by atoms with Crippen molar-refractivity contribution >= 4 is 39.3 Å². The fourth-order valence-electron chi connectivity index (χ4n) is 2.82. The molecular weight excluding hydrogens is 392 g/mol. The number of amides is 1. The van der Waals surface area contributed by atoms with E-state index in [1.54, 1.807) is 0 Å². The summed E-state index contributed by atoms with van der Waals surface area (Å²) >= 11 is 9.62. The number of aryl methyl sites for hydroxylation is 1. The maximum absolute atomic E-state index is 12.1. The Balaban J connectivity index is 1.83. The second kappa shape index (κ2) is 7.96. The standard InChI is InChI=1S/C18H26BrClN2O2/c1-12-9-14(20)10-15(19)16(12)21-11-13-5-7-22(8-6-13)17(23)24-18(2,3)4/h9-10,13,21H,5-8,11H2,1-4H3. The first kappa shape index (κ1) is 19.4. The number of hydrogen-bond acceptors (Lipinski definition) is 3. The highest BCUT2D eigenvalue weighted by Crippen LogP contribution is 2.31. The van der Waals surface area contributed by atoms with Crippen LogP contribution in [0.15, 0.2) is 16.6 Å². The maximum atomic E-state index is 12.1. The lowest BCUT2D eigenvalue weighted by molar-refractivity contribution is 0.0188. The molecule has 0 atom stereocenters. The summed E-state index contributed by atoms with van der Waals surface area (Å²) in [7, 11) is 0. The van der Waals surface area contributed by atoms with E-state index in [1.807, 2.05) is 44.7 Å². The molecule has 0 aliphatic carbocycles. The molecule has 4 nitrogen and oxygen atoms in total. The second-order valence-electron chi connectivity index (χ2n) is 7.37. The molecule has 1 aromatic carbocycles. The Morgan fingerprint density at radius 1 is 1.38 bits per heavy atom. The normalized spacial score (nSPS) is 16.2. The average molecular weight is 418 g/mol. The van der Waals surface area contributed by atoms with Crippen molar-refractivity contribution in [3.8, 4) is 0 Å². The number of likely N-dealkylation sites (tertiary alicyclic amines) is 1. The van der Waals surface area contributed by atoms with Crippen molar-refractivity contribution in [3.63, 3.8) is 0 Å². The minimum atomic E-state index is -0.437. The highest BCUT2D eigenvalue weighted by Gasteiger charge is 2.26. The number of benzene rings is 1. The molecule has 1 saturated heterocycles. The van der Waals surface area contributed by atoms with Gasteiger partial charge >= 0.3 is 6.09 Å².